The molecule has 2 saturated carbocycles. The standard InChI is InChI=1S/C11H21N/c1-12-11(10-6-7-10)8-5-9-3-2-4-9/h9-12H,2-8H2,1H3. The van der Waals surface area contributed by atoms with Gasteiger partial charge < -0.3 is 5.32 Å². The highest BCUT2D eigenvalue weighted by atomic mass is 14.9. The molecule has 0 saturated heterocycles. The molecule has 1 nitrogen and oxygen atoms in total. The number of nitrogens with one attached hydrogen (secondary N) is 1. The van der Waals surface area contributed by atoms with Gasteiger partial charge in [0.1, 0.15) is 0 Å². The zero-order valence-corrected chi connectivity index (χ0v) is 8.18. The molecular formula is C11H21N. The van der Waals surface area contributed by atoms with E-state index in [4.69, 9.17) is 0 Å². The van der Waals surface area contributed by atoms with E-state index in [0.717, 1.165) is 17.9 Å². The molecule has 0 spiro atoms. The van der Waals surface area contributed by atoms with Crippen LogP contribution in [0.25, 0.3) is 0 Å². The van der Waals surface area contributed by atoms with Gasteiger partial charge in [0.2, 0.25) is 0 Å². The van der Waals surface area contributed by atoms with Gasteiger partial charge in [-0.1, -0.05) is 19.3 Å². The van der Waals surface area contributed by atoms with Crippen LogP contribution in [0.3, 0.4) is 0 Å². The van der Waals surface area contributed by atoms with Crippen LogP contribution in [0.5, 0.6) is 0 Å². The van der Waals surface area contributed by atoms with Crippen LogP contribution in [0.15, 0.2) is 0 Å². The van der Waals surface area contributed by atoms with Gasteiger partial charge in [0.15, 0.2) is 0 Å². The lowest BCUT2D eigenvalue weighted by Crippen LogP contribution is -2.28. The third kappa shape index (κ3) is 2.01. The van der Waals surface area contributed by atoms with E-state index in [2.05, 4.69) is 12.4 Å². The number of rotatable bonds is 5. The average Bonchev–Trinajstić information content (AvgIpc) is 2.77. The first-order valence-corrected chi connectivity index (χ1v) is 5.57. The first-order chi connectivity index (χ1) is 5.90. The highest BCUT2D eigenvalue weighted by Gasteiger charge is 2.30. The fourth-order valence-corrected chi connectivity index (χ4v) is 2.31. The molecule has 1 atom stereocenters. The van der Waals surface area contributed by atoms with Gasteiger partial charge in [-0.05, 0) is 44.6 Å². The lowest BCUT2D eigenvalue weighted by atomic mass is 9.81. The zero-order valence-electron chi connectivity index (χ0n) is 8.18. The summed E-state index contributed by atoms with van der Waals surface area (Å²) in [5, 5.41) is 3.47. The highest BCUT2D eigenvalue weighted by Crippen LogP contribution is 2.37. The summed E-state index contributed by atoms with van der Waals surface area (Å²) in [5.74, 6) is 2.13. The van der Waals surface area contributed by atoms with Crippen molar-refractivity contribution in [1.82, 2.24) is 5.32 Å². The maximum Gasteiger partial charge on any atom is 0.00924 e. The van der Waals surface area contributed by atoms with Crippen molar-refractivity contribution in [2.24, 2.45) is 11.8 Å². The van der Waals surface area contributed by atoms with Gasteiger partial charge >= 0.3 is 0 Å². The quantitative estimate of drug-likeness (QED) is 0.663. The van der Waals surface area contributed by atoms with Crippen molar-refractivity contribution in [3.63, 3.8) is 0 Å². The lowest BCUT2D eigenvalue weighted by Gasteiger charge is -2.27. The molecule has 0 amide bonds. The summed E-state index contributed by atoms with van der Waals surface area (Å²) in [4.78, 5) is 0. The van der Waals surface area contributed by atoms with Crippen LogP contribution in [-0.4, -0.2) is 13.1 Å². The van der Waals surface area contributed by atoms with Crippen molar-refractivity contribution < 1.29 is 0 Å². The Morgan fingerprint density at radius 3 is 2.42 bits per heavy atom. The van der Waals surface area contributed by atoms with Crippen molar-refractivity contribution >= 4 is 0 Å². The van der Waals surface area contributed by atoms with Gasteiger partial charge in [-0.15, -0.1) is 0 Å². The van der Waals surface area contributed by atoms with Crippen molar-refractivity contribution in [2.45, 2.75) is 51.0 Å². The number of hydrogen-bond donors (Lipinski definition) is 1. The molecule has 0 aromatic heterocycles. The molecule has 2 fully saturated rings. The third-order valence-electron chi connectivity index (χ3n) is 3.67. The van der Waals surface area contributed by atoms with Crippen LogP contribution < -0.4 is 5.32 Å². The molecule has 1 N–H and O–H groups in total. The summed E-state index contributed by atoms with van der Waals surface area (Å²) in [6.07, 6.45) is 10.4. The second-order valence-electron chi connectivity index (χ2n) is 4.61. The fourth-order valence-electron chi connectivity index (χ4n) is 2.31. The molecule has 2 aliphatic rings. The molecule has 1 heteroatoms. The van der Waals surface area contributed by atoms with Crippen molar-refractivity contribution in [3.05, 3.63) is 0 Å². The summed E-state index contributed by atoms with van der Waals surface area (Å²) >= 11 is 0. The zero-order chi connectivity index (χ0) is 8.39. The molecule has 12 heavy (non-hydrogen) atoms. The van der Waals surface area contributed by atoms with Crippen LogP contribution in [-0.2, 0) is 0 Å². The second kappa shape index (κ2) is 3.78. The van der Waals surface area contributed by atoms with Gasteiger partial charge in [-0.2, -0.15) is 0 Å². The molecule has 0 aliphatic heterocycles. The Morgan fingerprint density at radius 1 is 1.25 bits per heavy atom. The van der Waals surface area contributed by atoms with Gasteiger partial charge in [-0.25, -0.2) is 0 Å². The first-order valence-electron chi connectivity index (χ1n) is 5.57. The van der Waals surface area contributed by atoms with Gasteiger partial charge in [0.05, 0.1) is 0 Å². The molecule has 70 valence electrons. The largest absolute Gasteiger partial charge is 0.317 e. The minimum Gasteiger partial charge on any atom is -0.317 e. The van der Waals surface area contributed by atoms with Crippen LogP contribution in [0.4, 0.5) is 0 Å². The maximum absolute atomic E-state index is 3.47. The smallest absolute Gasteiger partial charge is 0.00924 e. The molecule has 0 heterocycles. The average molecular weight is 167 g/mol. The minimum absolute atomic E-state index is 0.852. The van der Waals surface area contributed by atoms with E-state index < -0.39 is 0 Å². The minimum atomic E-state index is 0.852. The Morgan fingerprint density at radius 2 is 2.00 bits per heavy atom. The molecule has 2 aliphatic carbocycles. The summed E-state index contributed by atoms with van der Waals surface area (Å²) in [6.45, 7) is 0. The second-order valence-corrected chi connectivity index (χ2v) is 4.61. The van der Waals surface area contributed by atoms with E-state index in [1.165, 1.54) is 44.9 Å². The molecule has 0 radical (unpaired) electrons. The van der Waals surface area contributed by atoms with Crippen LogP contribution >= 0.6 is 0 Å². The third-order valence-corrected chi connectivity index (χ3v) is 3.67. The van der Waals surface area contributed by atoms with E-state index in [9.17, 15) is 0 Å². The van der Waals surface area contributed by atoms with E-state index in [1.54, 1.807) is 0 Å². The van der Waals surface area contributed by atoms with Crippen molar-refractivity contribution in [2.75, 3.05) is 7.05 Å². The Bertz CT molecular complexity index is 136. The lowest BCUT2D eigenvalue weighted by molar-refractivity contribution is 0.271. The molecule has 1 unspecified atom stereocenters. The van der Waals surface area contributed by atoms with E-state index in [-0.39, 0.29) is 0 Å². The Kier molecular flexibility index (Phi) is 2.69. The Hall–Kier alpha value is -0.0400. The van der Waals surface area contributed by atoms with Gasteiger partial charge in [-0.3, -0.25) is 0 Å². The first kappa shape index (κ1) is 8.55. The van der Waals surface area contributed by atoms with Crippen LogP contribution in [0, 0.1) is 11.8 Å². The van der Waals surface area contributed by atoms with Gasteiger partial charge in [0, 0.05) is 6.04 Å². The fraction of sp³-hybridized carbons (Fsp3) is 1.00. The molecule has 0 bridgehead atoms. The maximum atomic E-state index is 3.47. The summed E-state index contributed by atoms with van der Waals surface area (Å²) < 4.78 is 0. The SMILES string of the molecule is CNC(CCC1CCC1)C1CC1. The van der Waals surface area contributed by atoms with E-state index in [1.807, 2.05) is 0 Å². The normalized spacial score (nSPS) is 26.8. The monoisotopic (exact) mass is 167 g/mol. The molecule has 2 rings (SSSR count). The summed E-state index contributed by atoms with van der Waals surface area (Å²) in [5.41, 5.74) is 0. The number of hydrogen-bond acceptors (Lipinski definition) is 1. The molecule has 0 aromatic carbocycles. The van der Waals surface area contributed by atoms with Crippen LogP contribution in [0.1, 0.15) is 44.9 Å². The Balaban J connectivity index is 1.62. The Labute approximate surface area is 75.9 Å². The summed E-state index contributed by atoms with van der Waals surface area (Å²) in [7, 11) is 2.13. The van der Waals surface area contributed by atoms with Crippen molar-refractivity contribution in [1.29, 1.82) is 0 Å². The van der Waals surface area contributed by atoms with E-state index in [0.29, 0.717) is 0 Å². The van der Waals surface area contributed by atoms with E-state index >= 15 is 0 Å². The van der Waals surface area contributed by atoms with Crippen molar-refractivity contribution in [3.8, 4) is 0 Å². The molecule has 0 aromatic rings. The summed E-state index contributed by atoms with van der Waals surface area (Å²) in [6, 6.07) is 0.852. The van der Waals surface area contributed by atoms with Gasteiger partial charge in [0.25, 0.3) is 0 Å². The predicted molar refractivity (Wildman–Crippen MR) is 52.1 cm³/mol. The predicted octanol–water partition coefficient (Wildman–Crippen LogP) is 2.56. The molecular weight excluding hydrogens is 146 g/mol. The van der Waals surface area contributed by atoms with Crippen LogP contribution in [0.2, 0.25) is 0 Å². The highest BCUT2D eigenvalue weighted by molar-refractivity contribution is 4.86. The topological polar surface area (TPSA) is 12.0 Å².